The lowest BCUT2D eigenvalue weighted by atomic mass is 9.78. The Morgan fingerprint density at radius 1 is 1.28 bits per heavy atom. The highest BCUT2D eigenvalue weighted by Crippen LogP contribution is 2.35. The van der Waals surface area contributed by atoms with Crippen molar-refractivity contribution in [1.29, 1.82) is 0 Å². The summed E-state index contributed by atoms with van der Waals surface area (Å²) in [6, 6.07) is 5.13. The highest BCUT2D eigenvalue weighted by molar-refractivity contribution is 6.17. The van der Waals surface area contributed by atoms with Gasteiger partial charge in [0.05, 0.1) is 0 Å². The number of halogens is 2. The third kappa shape index (κ3) is 2.97. The van der Waals surface area contributed by atoms with E-state index in [-0.39, 0.29) is 5.82 Å². The first-order chi connectivity index (χ1) is 8.56. The van der Waals surface area contributed by atoms with Crippen LogP contribution in [-0.4, -0.2) is 13.1 Å². The van der Waals surface area contributed by atoms with Gasteiger partial charge in [-0.25, -0.2) is 4.39 Å². The smallest absolute Gasteiger partial charge is 0.125 e. The van der Waals surface area contributed by atoms with Crippen LogP contribution in [0.2, 0.25) is 0 Å². The Bertz CT molecular complexity index is 411. The summed E-state index contributed by atoms with van der Waals surface area (Å²) in [5.41, 5.74) is 2.29. The molecule has 18 heavy (non-hydrogen) atoms. The predicted molar refractivity (Wildman–Crippen MR) is 75.8 cm³/mol. The number of alkyl halides is 1. The van der Waals surface area contributed by atoms with Crippen LogP contribution in [0.5, 0.6) is 0 Å². The van der Waals surface area contributed by atoms with Crippen LogP contribution in [0, 0.1) is 11.2 Å². The van der Waals surface area contributed by atoms with E-state index in [1.807, 2.05) is 6.07 Å². The SMILES string of the molecule is CCC1(C)CCN(c2cc(F)cc(CCl)c2)CC1. The predicted octanol–water partition coefficient (Wildman–Crippen LogP) is 4.58. The van der Waals surface area contributed by atoms with Gasteiger partial charge in [-0.2, -0.15) is 0 Å². The molecule has 0 spiro atoms. The van der Waals surface area contributed by atoms with Crippen LogP contribution in [0.25, 0.3) is 0 Å². The summed E-state index contributed by atoms with van der Waals surface area (Å²) in [5, 5.41) is 0. The topological polar surface area (TPSA) is 3.24 Å². The molecule has 100 valence electrons. The Kier molecular flexibility index (Phi) is 4.16. The number of hydrogen-bond acceptors (Lipinski definition) is 1. The summed E-state index contributed by atoms with van der Waals surface area (Å²) in [5.74, 6) is 0.178. The highest BCUT2D eigenvalue weighted by Gasteiger charge is 2.28. The molecule has 3 heteroatoms. The number of nitrogens with zero attached hydrogens (tertiary/aromatic N) is 1. The molecule has 0 amide bonds. The van der Waals surface area contributed by atoms with Crippen LogP contribution < -0.4 is 4.90 Å². The Morgan fingerprint density at radius 3 is 2.50 bits per heavy atom. The van der Waals surface area contributed by atoms with Gasteiger partial charge in [-0.05, 0) is 42.0 Å². The molecule has 1 nitrogen and oxygen atoms in total. The largest absolute Gasteiger partial charge is 0.371 e. The molecule has 0 saturated carbocycles. The molecule has 0 aliphatic carbocycles. The standard InChI is InChI=1S/C15H21ClFN/c1-3-15(2)4-6-18(7-5-15)14-9-12(11-16)8-13(17)10-14/h8-10H,3-7,11H2,1-2H3. The van der Waals surface area contributed by atoms with Crippen molar-refractivity contribution in [3.05, 3.63) is 29.6 Å². The van der Waals surface area contributed by atoms with Gasteiger partial charge in [0.15, 0.2) is 0 Å². The molecule has 0 aromatic heterocycles. The second-order valence-corrected chi connectivity index (χ2v) is 5.87. The van der Waals surface area contributed by atoms with Crippen LogP contribution in [-0.2, 0) is 5.88 Å². The van der Waals surface area contributed by atoms with Gasteiger partial charge in [-0.1, -0.05) is 20.3 Å². The van der Waals surface area contributed by atoms with Crippen LogP contribution in [0.1, 0.15) is 38.7 Å². The lowest BCUT2D eigenvalue weighted by Crippen LogP contribution is -2.38. The van der Waals surface area contributed by atoms with E-state index < -0.39 is 0 Å². The van der Waals surface area contributed by atoms with Crippen LogP contribution in [0.4, 0.5) is 10.1 Å². The summed E-state index contributed by atoms with van der Waals surface area (Å²) in [7, 11) is 0. The van der Waals surface area contributed by atoms with Crippen LogP contribution in [0.15, 0.2) is 18.2 Å². The molecule has 0 radical (unpaired) electrons. The van der Waals surface area contributed by atoms with Gasteiger partial charge in [0, 0.05) is 24.7 Å². The monoisotopic (exact) mass is 269 g/mol. The summed E-state index contributed by atoms with van der Waals surface area (Å²) in [4.78, 5) is 2.27. The number of benzene rings is 1. The van der Waals surface area contributed by atoms with Crippen molar-refractivity contribution < 1.29 is 4.39 Å². The molecule has 0 bridgehead atoms. The van der Waals surface area contributed by atoms with Crippen molar-refractivity contribution in [3.8, 4) is 0 Å². The van der Waals surface area contributed by atoms with Gasteiger partial charge in [0.2, 0.25) is 0 Å². The van der Waals surface area contributed by atoms with E-state index in [2.05, 4.69) is 18.7 Å². The molecule has 0 N–H and O–H groups in total. The zero-order valence-electron chi connectivity index (χ0n) is 11.2. The van der Waals surface area contributed by atoms with E-state index in [1.165, 1.54) is 25.3 Å². The number of anilines is 1. The Morgan fingerprint density at radius 2 is 1.94 bits per heavy atom. The lowest BCUT2D eigenvalue weighted by molar-refractivity contribution is 0.238. The number of hydrogen-bond donors (Lipinski definition) is 0. The number of rotatable bonds is 3. The van der Waals surface area contributed by atoms with E-state index in [4.69, 9.17) is 11.6 Å². The van der Waals surface area contributed by atoms with Crippen molar-refractivity contribution in [2.24, 2.45) is 5.41 Å². The van der Waals surface area contributed by atoms with Crippen molar-refractivity contribution in [2.75, 3.05) is 18.0 Å². The quantitative estimate of drug-likeness (QED) is 0.726. The molecule has 1 saturated heterocycles. The molecule has 2 rings (SSSR count). The number of piperidine rings is 1. The minimum Gasteiger partial charge on any atom is -0.371 e. The molecule has 1 aromatic carbocycles. The molecular weight excluding hydrogens is 249 g/mol. The van der Waals surface area contributed by atoms with Crippen molar-refractivity contribution in [2.45, 2.75) is 39.0 Å². The zero-order valence-corrected chi connectivity index (χ0v) is 11.9. The fourth-order valence-corrected chi connectivity index (χ4v) is 2.71. The van der Waals surface area contributed by atoms with Gasteiger partial charge in [-0.3, -0.25) is 0 Å². The molecule has 0 unspecified atom stereocenters. The summed E-state index contributed by atoms with van der Waals surface area (Å²) >= 11 is 5.79. The molecule has 0 atom stereocenters. The van der Waals surface area contributed by atoms with E-state index in [0.29, 0.717) is 11.3 Å². The fourth-order valence-electron chi connectivity index (χ4n) is 2.55. The van der Waals surface area contributed by atoms with Gasteiger partial charge in [-0.15, -0.1) is 11.6 Å². The van der Waals surface area contributed by atoms with E-state index >= 15 is 0 Å². The molecular formula is C15H21ClFN. The van der Waals surface area contributed by atoms with Crippen LogP contribution >= 0.6 is 11.6 Å². The zero-order chi connectivity index (χ0) is 13.2. The summed E-state index contributed by atoms with van der Waals surface area (Å²) < 4.78 is 13.5. The minimum absolute atomic E-state index is 0.188. The van der Waals surface area contributed by atoms with Gasteiger partial charge >= 0.3 is 0 Å². The maximum Gasteiger partial charge on any atom is 0.125 e. The Hall–Kier alpha value is -0.760. The van der Waals surface area contributed by atoms with E-state index in [0.717, 1.165) is 24.3 Å². The first kappa shape index (κ1) is 13.7. The fraction of sp³-hybridized carbons (Fsp3) is 0.600. The average molecular weight is 270 g/mol. The maximum absolute atomic E-state index is 13.5. The first-order valence-corrected chi connectivity index (χ1v) is 7.20. The van der Waals surface area contributed by atoms with Crippen molar-refractivity contribution in [1.82, 2.24) is 0 Å². The van der Waals surface area contributed by atoms with Gasteiger partial charge in [0.25, 0.3) is 0 Å². The Balaban J connectivity index is 2.12. The van der Waals surface area contributed by atoms with E-state index in [9.17, 15) is 4.39 Å². The molecule has 1 fully saturated rings. The normalized spacial score (nSPS) is 19.0. The molecule has 1 aliphatic heterocycles. The average Bonchev–Trinajstić information content (AvgIpc) is 2.39. The Labute approximate surface area is 114 Å². The second kappa shape index (κ2) is 5.48. The lowest BCUT2D eigenvalue weighted by Gasteiger charge is -2.40. The van der Waals surface area contributed by atoms with Gasteiger partial charge in [0.1, 0.15) is 5.82 Å². The summed E-state index contributed by atoms with van der Waals surface area (Å²) in [6.45, 7) is 6.62. The molecule has 1 aromatic rings. The van der Waals surface area contributed by atoms with Crippen LogP contribution in [0.3, 0.4) is 0 Å². The third-order valence-electron chi connectivity index (χ3n) is 4.29. The van der Waals surface area contributed by atoms with E-state index in [1.54, 1.807) is 6.07 Å². The van der Waals surface area contributed by atoms with Gasteiger partial charge < -0.3 is 4.90 Å². The van der Waals surface area contributed by atoms with Crippen molar-refractivity contribution in [3.63, 3.8) is 0 Å². The minimum atomic E-state index is -0.188. The molecule has 1 aliphatic rings. The van der Waals surface area contributed by atoms with Crippen molar-refractivity contribution >= 4 is 17.3 Å². The maximum atomic E-state index is 13.5. The first-order valence-electron chi connectivity index (χ1n) is 6.67. The highest BCUT2D eigenvalue weighted by atomic mass is 35.5. The second-order valence-electron chi connectivity index (χ2n) is 5.60. The molecule has 1 heterocycles. The summed E-state index contributed by atoms with van der Waals surface area (Å²) in [6.07, 6.45) is 3.57. The third-order valence-corrected chi connectivity index (χ3v) is 4.59.